The van der Waals surface area contributed by atoms with Crippen LogP contribution in [0.5, 0.6) is 0 Å². The van der Waals surface area contributed by atoms with Crippen LogP contribution in [0.2, 0.25) is 0 Å². The quantitative estimate of drug-likeness (QED) is 0.712. The molecule has 0 bridgehead atoms. The molecule has 0 saturated carbocycles. The van der Waals surface area contributed by atoms with Crippen LogP contribution >= 0.6 is 0 Å². The van der Waals surface area contributed by atoms with E-state index in [9.17, 15) is 9.59 Å². The molecule has 1 amide bonds. The Morgan fingerprint density at radius 3 is 2.42 bits per heavy atom. The standard InChI is InChI=1S/C22H22N2O2/c1-23(2)21(25)16-12-13-20-18(14-16)17-10-6-7-11-19(17)24(20)22(26)15-8-4-3-5-9-15/h3-11,16H,12-14H2,1-2H3. The van der Waals surface area contributed by atoms with Crippen molar-refractivity contribution in [3.63, 3.8) is 0 Å². The number of fused-ring (bicyclic) bond motifs is 3. The van der Waals surface area contributed by atoms with Gasteiger partial charge in [0, 0.05) is 36.7 Å². The molecule has 0 aliphatic heterocycles. The summed E-state index contributed by atoms with van der Waals surface area (Å²) in [5.41, 5.74) is 3.83. The lowest BCUT2D eigenvalue weighted by Crippen LogP contribution is -2.33. The maximum absolute atomic E-state index is 13.2. The van der Waals surface area contributed by atoms with Crippen LogP contribution in [0.15, 0.2) is 54.6 Å². The Balaban J connectivity index is 1.84. The number of aromatic nitrogens is 1. The third-order valence-corrected chi connectivity index (χ3v) is 5.28. The molecule has 0 fully saturated rings. The molecule has 2 aromatic carbocycles. The zero-order valence-electron chi connectivity index (χ0n) is 15.1. The van der Waals surface area contributed by atoms with Gasteiger partial charge in [-0.3, -0.25) is 14.2 Å². The van der Waals surface area contributed by atoms with Gasteiger partial charge in [0.1, 0.15) is 0 Å². The van der Waals surface area contributed by atoms with Gasteiger partial charge in [-0.05, 0) is 43.0 Å². The zero-order valence-corrected chi connectivity index (χ0v) is 15.1. The van der Waals surface area contributed by atoms with Crippen molar-refractivity contribution in [3.05, 3.63) is 71.4 Å². The highest BCUT2D eigenvalue weighted by atomic mass is 16.2. The average molecular weight is 346 g/mol. The maximum Gasteiger partial charge on any atom is 0.262 e. The Labute approximate surface area is 153 Å². The average Bonchev–Trinajstić information content (AvgIpc) is 3.01. The number of para-hydroxylation sites is 1. The van der Waals surface area contributed by atoms with E-state index in [0.717, 1.165) is 35.0 Å². The van der Waals surface area contributed by atoms with Crippen LogP contribution in [0.3, 0.4) is 0 Å². The summed E-state index contributed by atoms with van der Waals surface area (Å²) < 4.78 is 1.86. The number of amides is 1. The summed E-state index contributed by atoms with van der Waals surface area (Å²) in [6.45, 7) is 0. The molecule has 0 radical (unpaired) electrons. The van der Waals surface area contributed by atoms with Gasteiger partial charge in [0.2, 0.25) is 5.91 Å². The monoisotopic (exact) mass is 346 g/mol. The predicted molar refractivity (Wildman–Crippen MR) is 102 cm³/mol. The Morgan fingerprint density at radius 1 is 1.00 bits per heavy atom. The Kier molecular flexibility index (Phi) is 4.11. The molecule has 1 aromatic heterocycles. The van der Waals surface area contributed by atoms with E-state index in [2.05, 4.69) is 6.07 Å². The second-order valence-electron chi connectivity index (χ2n) is 7.12. The minimum absolute atomic E-state index is 0.000404. The van der Waals surface area contributed by atoms with Gasteiger partial charge in [0.25, 0.3) is 5.91 Å². The molecule has 1 heterocycles. The molecule has 0 spiro atoms. The third-order valence-electron chi connectivity index (χ3n) is 5.28. The fraction of sp³-hybridized carbons (Fsp3) is 0.273. The first-order valence-corrected chi connectivity index (χ1v) is 9.00. The minimum atomic E-state index is -0.0106. The van der Waals surface area contributed by atoms with Crippen LogP contribution in [0.25, 0.3) is 10.9 Å². The first-order chi connectivity index (χ1) is 12.6. The number of carbonyl (C=O) groups is 2. The van der Waals surface area contributed by atoms with Crippen molar-refractivity contribution in [1.29, 1.82) is 0 Å². The molecule has 1 aliphatic carbocycles. The lowest BCUT2D eigenvalue weighted by atomic mass is 9.85. The number of benzene rings is 2. The van der Waals surface area contributed by atoms with E-state index in [1.807, 2.05) is 53.1 Å². The van der Waals surface area contributed by atoms with Gasteiger partial charge in [-0.2, -0.15) is 0 Å². The number of hydrogen-bond acceptors (Lipinski definition) is 2. The molecule has 1 unspecified atom stereocenters. The zero-order chi connectivity index (χ0) is 18.3. The number of rotatable bonds is 2. The molecule has 26 heavy (non-hydrogen) atoms. The Morgan fingerprint density at radius 2 is 1.69 bits per heavy atom. The third kappa shape index (κ3) is 2.62. The van der Waals surface area contributed by atoms with Crippen molar-refractivity contribution < 1.29 is 9.59 Å². The van der Waals surface area contributed by atoms with Gasteiger partial charge >= 0.3 is 0 Å². The molecule has 0 N–H and O–H groups in total. The molecule has 132 valence electrons. The summed E-state index contributed by atoms with van der Waals surface area (Å²) in [6.07, 6.45) is 2.22. The largest absolute Gasteiger partial charge is 0.349 e. The highest BCUT2D eigenvalue weighted by Crippen LogP contribution is 2.35. The lowest BCUT2D eigenvalue weighted by molar-refractivity contribution is -0.133. The molecule has 1 aliphatic rings. The first kappa shape index (κ1) is 16.6. The first-order valence-electron chi connectivity index (χ1n) is 9.00. The van der Waals surface area contributed by atoms with Gasteiger partial charge in [-0.15, -0.1) is 0 Å². The van der Waals surface area contributed by atoms with Crippen molar-refractivity contribution in [2.24, 2.45) is 5.92 Å². The van der Waals surface area contributed by atoms with Crippen molar-refractivity contribution >= 4 is 22.7 Å². The SMILES string of the molecule is CN(C)C(=O)C1CCc2c(c3ccccc3n2C(=O)c2ccccc2)C1. The summed E-state index contributed by atoms with van der Waals surface area (Å²) >= 11 is 0. The van der Waals surface area contributed by atoms with Gasteiger partial charge in [-0.25, -0.2) is 0 Å². The predicted octanol–water partition coefficient (Wildman–Crippen LogP) is 3.52. The van der Waals surface area contributed by atoms with Crippen LogP contribution in [-0.2, 0) is 17.6 Å². The summed E-state index contributed by atoms with van der Waals surface area (Å²) in [7, 11) is 3.61. The molecular formula is C22H22N2O2. The van der Waals surface area contributed by atoms with Crippen molar-refractivity contribution in [2.75, 3.05) is 14.1 Å². The van der Waals surface area contributed by atoms with E-state index in [0.29, 0.717) is 12.0 Å². The summed E-state index contributed by atoms with van der Waals surface area (Å²) in [5.74, 6) is 0.158. The lowest BCUT2D eigenvalue weighted by Gasteiger charge is -2.25. The topological polar surface area (TPSA) is 42.3 Å². The van der Waals surface area contributed by atoms with E-state index < -0.39 is 0 Å². The summed E-state index contributed by atoms with van der Waals surface area (Å²) in [6, 6.07) is 17.4. The smallest absolute Gasteiger partial charge is 0.262 e. The highest BCUT2D eigenvalue weighted by Gasteiger charge is 2.31. The van der Waals surface area contributed by atoms with Crippen molar-refractivity contribution in [2.45, 2.75) is 19.3 Å². The number of hydrogen-bond donors (Lipinski definition) is 0. The van der Waals surface area contributed by atoms with Crippen LogP contribution in [0, 0.1) is 5.92 Å². The van der Waals surface area contributed by atoms with Gasteiger partial charge in [0.15, 0.2) is 0 Å². The second-order valence-corrected chi connectivity index (χ2v) is 7.12. The Bertz CT molecular complexity index is 986. The van der Waals surface area contributed by atoms with E-state index in [1.165, 1.54) is 0 Å². The number of nitrogens with zero attached hydrogens (tertiary/aromatic N) is 2. The fourth-order valence-electron chi connectivity index (χ4n) is 4.03. The van der Waals surface area contributed by atoms with Crippen molar-refractivity contribution in [3.8, 4) is 0 Å². The van der Waals surface area contributed by atoms with E-state index >= 15 is 0 Å². The molecule has 4 nitrogen and oxygen atoms in total. The van der Waals surface area contributed by atoms with E-state index in [4.69, 9.17) is 0 Å². The molecule has 4 rings (SSSR count). The molecule has 3 aromatic rings. The second kappa shape index (κ2) is 6.45. The highest BCUT2D eigenvalue weighted by molar-refractivity contribution is 6.04. The van der Waals surface area contributed by atoms with E-state index in [-0.39, 0.29) is 17.7 Å². The van der Waals surface area contributed by atoms with Crippen molar-refractivity contribution in [1.82, 2.24) is 9.47 Å². The molecule has 4 heteroatoms. The summed E-state index contributed by atoms with van der Waals surface area (Å²) in [4.78, 5) is 27.3. The van der Waals surface area contributed by atoms with E-state index in [1.54, 1.807) is 19.0 Å². The molecule has 1 atom stereocenters. The maximum atomic E-state index is 13.2. The van der Waals surface area contributed by atoms with Crippen LogP contribution < -0.4 is 0 Å². The molecule has 0 saturated heterocycles. The van der Waals surface area contributed by atoms with Gasteiger partial charge in [0.05, 0.1) is 5.52 Å². The van der Waals surface area contributed by atoms with Gasteiger partial charge < -0.3 is 4.90 Å². The van der Waals surface area contributed by atoms with Crippen LogP contribution in [0.1, 0.15) is 28.0 Å². The number of carbonyl (C=O) groups excluding carboxylic acids is 2. The van der Waals surface area contributed by atoms with Crippen LogP contribution in [0.4, 0.5) is 0 Å². The fourth-order valence-corrected chi connectivity index (χ4v) is 4.03. The Hall–Kier alpha value is -2.88. The molecular weight excluding hydrogens is 324 g/mol. The van der Waals surface area contributed by atoms with Crippen LogP contribution in [-0.4, -0.2) is 35.4 Å². The summed E-state index contributed by atoms with van der Waals surface area (Å²) in [5, 5.41) is 1.09. The van der Waals surface area contributed by atoms with Gasteiger partial charge in [-0.1, -0.05) is 36.4 Å². The normalized spacial score (nSPS) is 16.3. The minimum Gasteiger partial charge on any atom is -0.349 e.